The van der Waals surface area contributed by atoms with Gasteiger partial charge in [-0.1, -0.05) is 135 Å². The summed E-state index contributed by atoms with van der Waals surface area (Å²) in [6, 6.07) is 5.11. The molecule has 0 atom stereocenters. The van der Waals surface area contributed by atoms with E-state index in [1.54, 1.807) is 24.3 Å². The number of methoxy groups -OCH3 is 1. The van der Waals surface area contributed by atoms with Crippen LogP contribution in [0.15, 0.2) is 24.3 Å². The number of carbonyl (C=O) groups is 2. The van der Waals surface area contributed by atoms with Crippen LogP contribution in [0.25, 0.3) is 6.08 Å². The number of ether oxygens (including phenoxy) is 3. The number of hydrogen-bond acceptors (Lipinski definition) is 5. The normalized spacial score (nSPS) is 11.2. The van der Waals surface area contributed by atoms with Crippen LogP contribution in [0, 0.1) is 0 Å². The van der Waals surface area contributed by atoms with Gasteiger partial charge in [0.05, 0.1) is 13.7 Å². The highest BCUT2D eigenvalue weighted by molar-refractivity contribution is 5.87. The molecule has 0 N–H and O–H groups in total. The Hall–Kier alpha value is -2.30. The standard InChI is InChI=1S/C34H56O5/c1-4-5-6-7-8-9-10-11-12-13-14-15-16-17-18-19-20-21-22-23-28-38-34(36)27-25-31-24-26-32(39-30(2)35)33(29-31)37-3/h24-27,29H,4-23,28H2,1-3H3/b27-25+. The van der Waals surface area contributed by atoms with Crippen molar-refractivity contribution in [3.63, 3.8) is 0 Å². The third kappa shape index (κ3) is 20.3. The lowest BCUT2D eigenvalue weighted by atomic mass is 10.0. The molecule has 0 radical (unpaired) electrons. The van der Waals surface area contributed by atoms with Crippen LogP contribution in [0.1, 0.15) is 148 Å². The molecule has 0 aliphatic heterocycles. The molecule has 5 heteroatoms. The van der Waals surface area contributed by atoms with Gasteiger partial charge in [0.2, 0.25) is 0 Å². The zero-order valence-corrected chi connectivity index (χ0v) is 25.3. The Balaban J connectivity index is 1.90. The summed E-state index contributed by atoms with van der Waals surface area (Å²) >= 11 is 0. The topological polar surface area (TPSA) is 61.8 Å². The lowest BCUT2D eigenvalue weighted by Crippen LogP contribution is -2.03. The lowest BCUT2D eigenvalue weighted by Gasteiger charge is -2.08. The highest BCUT2D eigenvalue weighted by atomic mass is 16.6. The van der Waals surface area contributed by atoms with E-state index >= 15 is 0 Å². The fourth-order valence-electron chi connectivity index (χ4n) is 4.77. The van der Waals surface area contributed by atoms with Gasteiger partial charge < -0.3 is 14.2 Å². The summed E-state index contributed by atoms with van der Waals surface area (Å²) in [7, 11) is 1.50. The molecule has 1 aromatic rings. The highest BCUT2D eigenvalue weighted by Crippen LogP contribution is 2.28. The van der Waals surface area contributed by atoms with Crippen LogP contribution in [-0.2, 0) is 14.3 Å². The maximum atomic E-state index is 12.0. The third-order valence-electron chi connectivity index (χ3n) is 7.10. The average molecular weight is 545 g/mol. The summed E-state index contributed by atoms with van der Waals surface area (Å²) in [6.45, 7) is 4.08. The van der Waals surface area contributed by atoms with Gasteiger partial charge in [-0.2, -0.15) is 0 Å². The second kappa shape index (κ2) is 24.7. The van der Waals surface area contributed by atoms with Crippen LogP contribution in [-0.4, -0.2) is 25.7 Å². The first-order chi connectivity index (χ1) is 19.1. The summed E-state index contributed by atoms with van der Waals surface area (Å²) in [5.74, 6) is 0.0235. The molecule has 0 aromatic heterocycles. The molecular weight excluding hydrogens is 488 g/mol. The maximum absolute atomic E-state index is 12.0. The van der Waals surface area contributed by atoms with Crippen molar-refractivity contribution in [1.82, 2.24) is 0 Å². The van der Waals surface area contributed by atoms with Crippen LogP contribution in [0.2, 0.25) is 0 Å². The summed E-state index contributed by atoms with van der Waals surface area (Å²) < 4.78 is 15.6. The van der Waals surface area contributed by atoms with Gasteiger partial charge in [-0.3, -0.25) is 4.79 Å². The summed E-state index contributed by atoms with van der Waals surface area (Å²) in [5.41, 5.74) is 0.763. The summed E-state index contributed by atoms with van der Waals surface area (Å²) in [4.78, 5) is 23.1. The van der Waals surface area contributed by atoms with E-state index in [1.165, 1.54) is 136 Å². The number of esters is 2. The first-order valence-electron chi connectivity index (χ1n) is 15.8. The molecule has 222 valence electrons. The van der Waals surface area contributed by atoms with E-state index in [-0.39, 0.29) is 5.97 Å². The van der Waals surface area contributed by atoms with Gasteiger partial charge in [0.15, 0.2) is 11.5 Å². The van der Waals surface area contributed by atoms with Gasteiger partial charge in [0.1, 0.15) is 0 Å². The van der Waals surface area contributed by atoms with Crippen molar-refractivity contribution < 1.29 is 23.8 Å². The molecule has 0 fully saturated rings. The SMILES string of the molecule is CCCCCCCCCCCCCCCCCCCCCCOC(=O)/C=C/c1ccc(OC(C)=O)c(OC)c1. The van der Waals surface area contributed by atoms with Gasteiger partial charge in [0.25, 0.3) is 0 Å². The van der Waals surface area contributed by atoms with Crippen molar-refractivity contribution >= 4 is 18.0 Å². The molecule has 0 spiro atoms. The molecule has 39 heavy (non-hydrogen) atoms. The van der Waals surface area contributed by atoms with Crippen LogP contribution >= 0.6 is 0 Å². The number of unbranched alkanes of at least 4 members (excludes halogenated alkanes) is 19. The van der Waals surface area contributed by atoms with E-state index < -0.39 is 5.97 Å². The first-order valence-corrected chi connectivity index (χ1v) is 15.8. The number of rotatable bonds is 25. The molecule has 0 saturated heterocycles. The Labute approximate surface area is 239 Å². The molecule has 1 aromatic carbocycles. The second-order valence-electron chi connectivity index (χ2n) is 10.7. The van der Waals surface area contributed by atoms with Crippen molar-refractivity contribution in [1.29, 1.82) is 0 Å². The van der Waals surface area contributed by atoms with Crippen LogP contribution in [0.4, 0.5) is 0 Å². The quantitative estimate of drug-likeness (QED) is 0.0530. The Morgan fingerprint density at radius 2 is 1.13 bits per heavy atom. The van der Waals surface area contributed by atoms with Gasteiger partial charge in [-0.15, -0.1) is 0 Å². The van der Waals surface area contributed by atoms with Gasteiger partial charge in [0, 0.05) is 13.0 Å². The minimum absolute atomic E-state index is 0.351. The Bertz CT molecular complexity index is 786. The van der Waals surface area contributed by atoms with Crippen LogP contribution in [0.3, 0.4) is 0 Å². The predicted octanol–water partition coefficient (Wildman–Crippen LogP) is 10.00. The predicted molar refractivity (Wildman–Crippen MR) is 162 cm³/mol. The molecule has 0 heterocycles. The Morgan fingerprint density at radius 3 is 1.56 bits per heavy atom. The van der Waals surface area contributed by atoms with Crippen molar-refractivity contribution in [3.8, 4) is 11.5 Å². The summed E-state index contributed by atoms with van der Waals surface area (Å²) in [5, 5.41) is 0. The molecule has 5 nitrogen and oxygen atoms in total. The van der Waals surface area contributed by atoms with E-state index in [4.69, 9.17) is 14.2 Å². The smallest absolute Gasteiger partial charge is 0.330 e. The van der Waals surface area contributed by atoms with Crippen LogP contribution in [0.5, 0.6) is 11.5 Å². The van der Waals surface area contributed by atoms with E-state index in [0.29, 0.717) is 18.1 Å². The molecule has 0 unspecified atom stereocenters. The zero-order chi connectivity index (χ0) is 28.4. The van der Waals surface area contributed by atoms with Crippen molar-refractivity contribution in [3.05, 3.63) is 29.8 Å². The lowest BCUT2D eigenvalue weighted by molar-refractivity contribution is -0.137. The largest absolute Gasteiger partial charge is 0.493 e. The third-order valence-corrected chi connectivity index (χ3v) is 7.10. The monoisotopic (exact) mass is 544 g/mol. The molecule has 0 bridgehead atoms. The van der Waals surface area contributed by atoms with E-state index in [2.05, 4.69) is 6.92 Å². The van der Waals surface area contributed by atoms with E-state index in [9.17, 15) is 9.59 Å². The highest BCUT2D eigenvalue weighted by Gasteiger charge is 2.07. The minimum Gasteiger partial charge on any atom is -0.493 e. The zero-order valence-electron chi connectivity index (χ0n) is 25.3. The number of carbonyl (C=O) groups excluding carboxylic acids is 2. The molecule has 0 aliphatic carbocycles. The second-order valence-corrected chi connectivity index (χ2v) is 10.7. The fourth-order valence-corrected chi connectivity index (χ4v) is 4.77. The number of hydrogen-bond donors (Lipinski definition) is 0. The first kappa shape index (κ1) is 34.7. The van der Waals surface area contributed by atoms with Gasteiger partial charge >= 0.3 is 11.9 Å². The van der Waals surface area contributed by atoms with Crippen molar-refractivity contribution in [2.24, 2.45) is 0 Å². The van der Waals surface area contributed by atoms with E-state index in [0.717, 1.165) is 18.4 Å². The van der Waals surface area contributed by atoms with Crippen molar-refractivity contribution in [2.45, 2.75) is 142 Å². The summed E-state index contributed by atoms with van der Waals surface area (Å²) in [6.07, 6.45) is 30.1. The molecule has 0 saturated carbocycles. The molecular formula is C34H56O5. The van der Waals surface area contributed by atoms with Gasteiger partial charge in [-0.05, 0) is 30.2 Å². The minimum atomic E-state index is -0.412. The number of benzene rings is 1. The maximum Gasteiger partial charge on any atom is 0.330 e. The molecule has 1 rings (SSSR count). The van der Waals surface area contributed by atoms with Crippen molar-refractivity contribution in [2.75, 3.05) is 13.7 Å². The van der Waals surface area contributed by atoms with E-state index in [1.807, 2.05) is 0 Å². The average Bonchev–Trinajstić information content (AvgIpc) is 2.93. The van der Waals surface area contributed by atoms with Gasteiger partial charge in [-0.25, -0.2) is 4.79 Å². The Kier molecular flexibility index (Phi) is 22.0. The molecule has 0 amide bonds. The Morgan fingerprint density at radius 1 is 0.667 bits per heavy atom. The molecule has 0 aliphatic rings. The fraction of sp³-hybridized carbons (Fsp3) is 0.706. The van der Waals surface area contributed by atoms with Crippen LogP contribution < -0.4 is 9.47 Å².